The summed E-state index contributed by atoms with van der Waals surface area (Å²) in [6.07, 6.45) is -0.920. The Morgan fingerprint density at radius 2 is 1.64 bits per heavy atom. The average Bonchev–Trinajstić information content (AvgIpc) is 2.75. The van der Waals surface area contributed by atoms with E-state index in [-0.39, 0.29) is 5.82 Å². The fraction of sp³-hybridized carbons (Fsp3) is 0.588. The standard InChI is InChI=1S/C17H24BFN2O4/c1-16(2)17(3,4)25-18(24-16)12-9-13(19)11-14(10-12)20-5-7-21(8-6-20)15(22)23/h9-11H,5-8H2,1-4H3,(H,22,23). The van der Waals surface area contributed by atoms with E-state index >= 15 is 0 Å². The van der Waals surface area contributed by atoms with E-state index in [4.69, 9.17) is 14.4 Å². The van der Waals surface area contributed by atoms with Gasteiger partial charge in [0.15, 0.2) is 0 Å². The SMILES string of the molecule is CC1(C)OB(c2cc(F)cc(N3CCN(C(=O)O)CC3)c2)OC1(C)C. The monoisotopic (exact) mass is 350 g/mol. The average molecular weight is 350 g/mol. The Kier molecular flexibility index (Phi) is 4.45. The Bertz CT molecular complexity index is 659. The molecule has 0 aromatic heterocycles. The molecule has 1 amide bonds. The Morgan fingerprint density at radius 3 is 2.16 bits per heavy atom. The largest absolute Gasteiger partial charge is 0.495 e. The number of rotatable bonds is 2. The summed E-state index contributed by atoms with van der Waals surface area (Å²) >= 11 is 0. The Balaban J connectivity index is 1.79. The molecule has 2 fully saturated rings. The van der Waals surface area contributed by atoms with E-state index in [1.807, 2.05) is 38.7 Å². The molecule has 0 spiro atoms. The zero-order valence-corrected chi connectivity index (χ0v) is 15.1. The normalized spacial score (nSPS) is 22.4. The van der Waals surface area contributed by atoms with E-state index in [1.54, 1.807) is 0 Å². The Labute approximate surface area is 147 Å². The van der Waals surface area contributed by atoms with Crippen LogP contribution in [0.1, 0.15) is 27.7 Å². The number of amides is 1. The highest BCUT2D eigenvalue weighted by Gasteiger charge is 2.51. The van der Waals surface area contributed by atoms with Gasteiger partial charge < -0.3 is 24.2 Å². The van der Waals surface area contributed by atoms with Gasteiger partial charge in [0.25, 0.3) is 0 Å². The first-order chi connectivity index (χ1) is 11.6. The molecule has 25 heavy (non-hydrogen) atoms. The maximum atomic E-state index is 14.2. The molecule has 0 radical (unpaired) electrons. The smallest absolute Gasteiger partial charge is 0.465 e. The van der Waals surface area contributed by atoms with Gasteiger partial charge in [-0.05, 0) is 51.4 Å². The molecule has 2 aliphatic rings. The van der Waals surface area contributed by atoms with Crippen LogP contribution >= 0.6 is 0 Å². The Morgan fingerprint density at radius 1 is 1.08 bits per heavy atom. The van der Waals surface area contributed by atoms with Gasteiger partial charge >= 0.3 is 13.2 Å². The van der Waals surface area contributed by atoms with Crippen LogP contribution in [0.4, 0.5) is 14.9 Å². The van der Waals surface area contributed by atoms with E-state index in [1.165, 1.54) is 17.0 Å². The topological polar surface area (TPSA) is 62.2 Å². The van der Waals surface area contributed by atoms with E-state index in [9.17, 15) is 9.18 Å². The molecule has 136 valence electrons. The molecule has 1 N–H and O–H groups in total. The van der Waals surface area contributed by atoms with Gasteiger partial charge in [0.1, 0.15) is 5.82 Å². The summed E-state index contributed by atoms with van der Waals surface area (Å²) in [5, 5.41) is 9.04. The minimum Gasteiger partial charge on any atom is -0.465 e. The number of hydrogen-bond donors (Lipinski definition) is 1. The zero-order chi connectivity index (χ0) is 18.4. The predicted molar refractivity (Wildman–Crippen MR) is 93.9 cm³/mol. The first kappa shape index (κ1) is 18.0. The van der Waals surface area contributed by atoms with Crippen molar-refractivity contribution in [2.45, 2.75) is 38.9 Å². The van der Waals surface area contributed by atoms with Crippen LogP contribution in [-0.4, -0.2) is 60.6 Å². The van der Waals surface area contributed by atoms with Gasteiger partial charge in [-0.1, -0.05) is 0 Å². The molecule has 0 saturated carbocycles. The lowest BCUT2D eigenvalue weighted by Crippen LogP contribution is -2.48. The maximum absolute atomic E-state index is 14.2. The third kappa shape index (κ3) is 3.46. The molecule has 0 atom stereocenters. The molecule has 3 rings (SSSR count). The van der Waals surface area contributed by atoms with Gasteiger partial charge in [-0.2, -0.15) is 0 Å². The van der Waals surface area contributed by atoms with Gasteiger partial charge in [0.05, 0.1) is 11.2 Å². The van der Waals surface area contributed by atoms with Crippen molar-refractivity contribution in [3.8, 4) is 0 Å². The van der Waals surface area contributed by atoms with Gasteiger partial charge in [-0.3, -0.25) is 0 Å². The van der Waals surface area contributed by atoms with Crippen LogP contribution in [0, 0.1) is 5.82 Å². The summed E-state index contributed by atoms with van der Waals surface area (Å²) in [6, 6.07) is 4.76. The van der Waals surface area contributed by atoms with Crippen LogP contribution in [0.25, 0.3) is 0 Å². The van der Waals surface area contributed by atoms with Crippen LogP contribution in [0.15, 0.2) is 18.2 Å². The van der Waals surface area contributed by atoms with Crippen LogP contribution in [0.2, 0.25) is 0 Å². The lowest BCUT2D eigenvalue weighted by molar-refractivity contribution is 0.00578. The van der Waals surface area contributed by atoms with Crippen LogP contribution in [0.3, 0.4) is 0 Å². The minimum absolute atomic E-state index is 0.358. The number of halogens is 1. The van der Waals surface area contributed by atoms with Crippen LogP contribution < -0.4 is 10.4 Å². The van der Waals surface area contributed by atoms with Gasteiger partial charge in [-0.25, -0.2) is 9.18 Å². The maximum Gasteiger partial charge on any atom is 0.495 e. The number of anilines is 1. The van der Waals surface area contributed by atoms with Crippen molar-refractivity contribution in [2.24, 2.45) is 0 Å². The second kappa shape index (κ2) is 6.18. The molecule has 0 unspecified atom stereocenters. The third-order valence-corrected chi connectivity index (χ3v) is 5.35. The predicted octanol–water partition coefficient (Wildman–Crippen LogP) is 1.92. The van der Waals surface area contributed by atoms with E-state index < -0.39 is 24.4 Å². The van der Waals surface area contributed by atoms with E-state index in [0.717, 1.165) is 5.69 Å². The quantitative estimate of drug-likeness (QED) is 0.826. The highest BCUT2D eigenvalue weighted by atomic mass is 19.1. The first-order valence-corrected chi connectivity index (χ1v) is 8.48. The fourth-order valence-electron chi connectivity index (χ4n) is 3.05. The number of benzene rings is 1. The molecule has 2 saturated heterocycles. The minimum atomic E-state index is -0.920. The molecular weight excluding hydrogens is 326 g/mol. The fourth-order valence-corrected chi connectivity index (χ4v) is 3.05. The summed E-state index contributed by atoms with van der Waals surface area (Å²) in [4.78, 5) is 14.4. The second-order valence-corrected chi connectivity index (χ2v) is 7.59. The van der Waals surface area contributed by atoms with Gasteiger partial charge in [0.2, 0.25) is 0 Å². The molecule has 2 aliphatic heterocycles. The summed E-state index contributed by atoms with van der Waals surface area (Å²) in [7, 11) is -0.625. The molecule has 0 bridgehead atoms. The third-order valence-electron chi connectivity index (χ3n) is 5.35. The van der Waals surface area contributed by atoms with Gasteiger partial charge in [-0.15, -0.1) is 0 Å². The van der Waals surface area contributed by atoms with Crippen molar-refractivity contribution in [2.75, 3.05) is 31.1 Å². The molecule has 1 aromatic carbocycles. The summed E-state index contributed by atoms with van der Waals surface area (Å²) in [5.41, 5.74) is 0.373. The summed E-state index contributed by atoms with van der Waals surface area (Å²) < 4.78 is 26.2. The van der Waals surface area contributed by atoms with Crippen molar-refractivity contribution >= 4 is 24.4 Å². The van der Waals surface area contributed by atoms with Crippen molar-refractivity contribution in [1.82, 2.24) is 4.90 Å². The van der Waals surface area contributed by atoms with Crippen molar-refractivity contribution in [3.05, 3.63) is 24.0 Å². The summed E-state index contributed by atoms with van der Waals surface area (Å²) in [6.45, 7) is 9.68. The number of carboxylic acid groups (broad SMARTS) is 1. The zero-order valence-electron chi connectivity index (χ0n) is 15.1. The number of nitrogens with zero attached hydrogens (tertiary/aromatic N) is 2. The lowest BCUT2D eigenvalue weighted by Gasteiger charge is -2.34. The highest BCUT2D eigenvalue weighted by Crippen LogP contribution is 2.36. The first-order valence-electron chi connectivity index (χ1n) is 8.48. The highest BCUT2D eigenvalue weighted by molar-refractivity contribution is 6.62. The van der Waals surface area contributed by atoms with E-state index in [2.05, 4.69) is 0 Å². The second-order valence-electron chi connectivity index (χ2n) is 7.59. The van der Waals surface area contributed by atoms with E-state index in [0.29, 0.717) is 31.6 Å². The van der Waals surface area contributed by atoms with Gasteiger partial charge in [0, 0.05) is 31.9 Å². The van der Waals surface area contributed by atoms with Crippen LogP contribution in [0.5, 0.6) is 0 Å². The lowest BCUT2D eigenvalue weighted by atomic mass is 9.78. The van der Waals surface area contributed by atoms with Crippen molar-refractivity contribution < 1.29 is 23.6 Å². The molecule has 1 aromatic rings. The number of carbonyl (C=O) groups is 1. The molecule has 6 nitrogen and oxygen atoms in total. The van der Waals surface area contributed by atoms with Crippen LogP contribution in [-0.2, 0) is 9.31 Å². The Hall–Kier alpha value is -1.80. The number of hydrogen-bond acceptors (Lipinski definition) is 4. The summed E-state index contributed by atoms with van der Waals surface area (Å²) in [5.74, 6) is -0.358. The van der Waals surface area contributed by atoms with Crippen molar-refractivity contribution in [1.29, 1.82) is 0 Å². The molecular formula is C17H24BFN2O4. The molecule has 8 heteroatoms. The number of piperazine rings is 1. The molecule has 0 aliphatic carbocycles. The molecule has 2 heterocycles. The van der Waals surface area contributed by atoms with Crippen molar-refractivity contribution in [3.63, 3.8) is 0 Å².